The zero-order valence-electron chi connectivity index (χ0n) is 18.7. The Morgan fingerprint density at radius 2 is 1.58 bits per heavy atom. The highest BCUT2D eigenvalue weighted by Crippen LogP contribution is 2.45. The van der Waals surface area contributed by atoms with E-state index in [4.69, 9.17) is 4.74 Å². The zero-order chi connectivity index (χ0) is 23.2. The summed E-state index contributed by atoms with van der Waals surface area (Å²) < 4.78 is 5.63. The zero-order valence-corrected chi connectivity index (χ0v) is 18.7. The van der Waals surface area contributed by atoms with Crippen LogP contribution in [0.2, 0.25) is 0 Å². The van der Waals surface area contributed by atoms with E-state index in [0.717, 1.165) is 28.7 Å². The molecule has 0 atom stereocenters. The van der Waals surface area contributed by atoms with Crippen molar-refractivity contribution in [2.45, 2.75) is 55.5 Å². The number of nitrogens with one attached hydrogen (secondary N) is 1. The molecule has 0 spiro atoms. The van der Waals surface area contributed by atoms with Crippen molar-refractivity contribution in [1.29, 1.82) is 0 Å². The maximum absolute atomic E-state index is 12.8. The van der Waals surface area contributed by atoms with E-state index in [1.165, 1.54) is 4.90 Å². The second kappa shape index (κ2) is 7.90. The molecule has 2 amide bonds. The average Bonchev–Trinajstić information content (AvgIpc) is 3.43. The summed E-state index contributed by atoms with van der Waals surface area (Å²) in [6, 6.07) is 16.3. The number of carboxylic acid groups (broad SMARTS) is 1. The van der Waals surface area contributed by atoms with E-state index in [0.29, 0.717) is 25.7 Å². The molecule has 2 aromatic carbocycles. The van der Waals surface area contributed by atoms with E-state index in [2.05, 4.69) is 29.6 Å². The molecule has 7 heteroatoms. The van der Waals surface area contributed by atoms with Gasteiger partial charge in [0.05, 0.1) is 12.0 Å². The highest BCUT2D eigenvalue weighted by atomic mass is 16.5. The molecule has 0 saturated heterocycles. The minimum absolute atomic E-state index is 0.0277. The van der Waals surface area contributed by atoms with Gasteiger partial charge in [0, 0.05) is 13.0 Å². The lowest BCUT2D eigenvalue weighted by molar-refractivity contribution is -0.164. The average molecular weight is 449 g/mol. The number of ether oxygens (including phenoxy) is 1. The van der Waals surface area contributed by atoms with Crippen molar-refractivity contribution >= 4 is 18.0 Å². The van der Waals surface area contributed by atoms with Crippen LogP contribution in [0.5, 0.6) is 0 Å². The van der Waals surface area contributed by atoms with Gasteiger partial charge in [-0.3, -0.25) is 4.79 Å². The highest BCUT2D eigenvalue weighted by molar-refractivity contribution is 5.88. The number of rotatable bonds is 7. The van der Waals surface area contributed by atoms with Crippen molar-refractivity contribution in [2.24, 2.45) is 0 Å². The molecule has 5 rings (SSSR count). The number of hydrogen-bond donors (Lipinski definition) is 2. The monoisotopic (exact) mass is 448 g/mol. The van der Waals surface area contributed by atoms with Crippen molar-refractivity contribution in [3.05, 3.63) is 59.7 Å². The highest BCUT2D eigenvalue weighted by Gasteiger charge is 2.53. The van der Waals surface area contributed by atoms with E-state index < -0.39 is 23.1 Å². The Morgan fingerprint density at radius 3 is 2.06 bits per heavy atom. The molecule has 33 heavy (non-hydrogen) atoms. The summed E-state index contributed by atoms with van der Waals surface area (Å²) in [6.45, 7) is 0.214. The Hall–Kier alpha value is -3.35. The molecule has 2 N–H and O–H groups in total. The normalized spacial score (nSPS) is 18.9. The number of nitrogens with zero attached hydrogens (tertiary/aromatic N) is 1. The van der Waals surface area contributed by atoms with Crippen molar-refractivity contribution < 1.29 is 24.2 Å². The SMILES string of the molecule is CN(C(=O)CC1(NC(=O)OCC2c3ccccc3-c3ccccc32)CC1)C1(C(=O)O)CCC1. The van der Waals surface area contributed by atoms with Crippen LogP contribution in [0.1, 0.15) is 55.6 Å². The van der Waals surface area contributed by atoms with Crippen molar-refractivity contribution in [3.8, 4) is 11.1 Å². The molecule has 0 heterocycles. The summed E-state index contributed by atoms with van der Waals surface area (Å²) in [7, 11) is 1.55. The van der Waals surface area contributed by atoms with Gasteiger partial charge in [-0.05, 0) is 54.4 Å². The quantitative estimate of drug-likeness (QED) is 0.670. The fraction of sp³-hybridized carbons (Fsp3) is 0.423. The molecule has 2 aromatic rings. The predicted octanol–water partition coefficient (Wildman–Crippen LogP) is 3.91. The molecule has 0 radical (unpaired) electrons. The standard InChI is InChI=1S/C26H28N2O5/c1-28(26(23(30)31)11-6-12-26)22(29)15-25(13-14-25)27-24(32)33-16-21-19-9-4-2-7-17(19)18-8-3-5-10-20(18)21/h2-5,7-10,21H,6,11-16H2,1H3,(H,27,32)(H,30,31). The van der Waals surface area contributed by atoms with Crippen LogP contribution in [-0.2, 0) is 14.3 Å². The first kappa shape index (κ1) is 21.5. The smallest absolute Gasteiger partial charge is 0.407 e. The van der Waals surface area contributed by atoms with Gasteiger partial charge in [0.15, 0.2) is 0 Å². The van der Waals surface area contributed by atoms with Crippen molar-refractivity contribution in [3.63, 3.8) is 0 Å². The lowest BCUT2D eigenvalue weighted by Gasteiger charge is -2.45. The summed E-state index contributed by atoms with van der Waals surface area (Å²) in [6.07, 6.45) is 2.64. The number of likely N-dealkylation sites (N-methyl/N-ethyl adjacent to an activating group) is 1. The lowest BCUT2D eigenvalue weighted by Crippen LogP contribution is -2.60. The first-order chi connectivity index (χ1) is 15.9. The number of hydrogen-bond acceptors (Lipinski definition) is 4. The van der Waals surface area contributed by atoms with Crippen LogP contribution in [0.25, 0.3) is 11.1 Å². The van der Waals surface area contributed by atoms with Crippen LogP contribution in [0, 0.1) is 0 Å². The fourth-order valence-electron chi connectivity index (χ4n) is 5.20. The van der Waals surface area contributed by atoms with Gasteiger partial charge in [-0.15, -0.1) is 0 Å². The van der Waals surface area contributed by atoms with E-state index in [-0.39, 0.29) is 24.9 Å². The predicted molar refractivity (Wildman–Crippen MR) is 122 cm³/mol. The third-order valence-electron chi connectivity index (χ3n) is 7.65. The summed E-state index contributed by atoms with van der Waals surface area (Å²) in [5.41, 5.74) is 2.87. The van der Waals surface area contributed by atoms with Gasteiger partial charge >= 0.3 is 12.1 Å². The Balaban J connectivity index is 1.21. The molecule has 2 saturated carbocycles. The number of carbonyl (C=O) groups excluding carboxylic acids is 2. The Morgan fingerprint density at radius 1 is 1.00 bits per heavy atom. The largest absolute Gasteiger partial charge is 0.479 e. The summed E-state index contributed by atoms with van der Waals surface area (Å²) in [5, 5.41) is 12.5. The van der Waals surface area contributed by atoms with E-state index in [1.807, 2.05) is 24.3 Å². The second-order valence-corrected chi connectivity index (χ2v) is 9.55. The van der Waals surface area contributed by atoms with E-state index in [1.54, 1.807) is 7.05 Å². The first-order valence-corrected chi connectivity index (χ1v) is 11.5. The summed E-state index contributed by atoms with van der Waals surface area (Å²) in [5.74, 6) is -1.24. The molecular formula is C26H28N2O5. The number of carbonyl (C=O) groups is 3. The molecule has 0 aliphatic heterocycles. The van der Waals surface area contributed by atoms with Crippen LogP contribution in [-0.4, -0.2) is 52.7 Å². The molecule has 3 aliphatic rings. The van der Waals surface area contributed by atoms with Crippen molar-refractivity contribution in [1.82, 2.24) is 10.2 Å². The molecule has 0 aromatic heterocycles. The molecule has 0 unspecified atom stereocenters. The number of alkyl carbamates (subject to hydrolysis) is 1. The third-order valence-corrected chi connectivity index (χ3v) is 7.65. The molecule has 0 bridgehead atoms. The minimum Gasteiger partial charge on any atom is -0.479 e. The lowest BCUT2D eigenvalue weighted by atomic mass is 9.75. The maximum Gasteiger partial charge on any atom is 0.407 e. The Labute approximate surface area is 192 Å². The molecule has 2 fully saturated rings. The summed E-state index contributed by atoms with van der Waals surface area (Å²) >= 11 is 0. The van der Waals surface area contributed by atoms with Crippen LogP contribution in [0.15, 0.2) is 48.5 Å². The molecule has 172 valence electrons. The molecule has 7 nitrogen and oxygen atoms in total. The van der Waals surface area contributed by atoms with Gasteiger partial charge in [-0.1, -0.05) is 48.5 Å². The van der Waals surface area contributed by atoms with Gasteiger partial charge < -0.3 is 20.1 Å². The number of benzene rings is 2. The topological polar surface area (TPSA) is 95.9 Å². The van der Waals surface area contributed by atoms with Crippen molar-refractivity contribution in [2.75, 3.05) is 13.7 Å². The van der Waals surface area contributed by atoms with E-state index in [9.17, 15) is 19.5 Å². The number of aliphatic carboxylic acids is 1. The van der Waals surface area contributed by atoms with Gasteiger partial charge in [-0.25, -0.2) is 9.59 Å². The third kappa shape index (κ3) is 3.65. The molecule has 3 aliphatic carbocycles. The Bertz CT molecular complexity index is 1070. The molecular weight excluding hydrogens is 420 g/mol. The fourth-order valence-corrected chi connectivity index (χ4v) is 5.20. The maximum atomic E-state index is 12.8. The van der Waals surface area contributed by atoms with Gasteiger partial charge in [0.2, 0.25) is 5.91 Å². The number of carboxylic acids is 1. The summed E-state index contributed by atoms with van der Waals surface area (Å²) in [4.78, 5) is 38.6. The second-order valence-electron chi connectivity index (χ2n) is 9.55. The minimum atomic E-state index is -1.10. The number of fused-ring (bicyclic) bond motifs is 3. The van der Waals surface area contributed by atoms with Gasteiger partial charge in [0.25, 0.3) is 0 Å². The van der Waals surface area contributed by atoms with Crippen LogP contribution >= 0.6 is 0 Å². The van der Waals surface area contributed by atoms with Gasteiger partial charge in [0.1, 0.15) is 12.1 Å². The van der Waals surface area contributed by atoms with Crippen LogP contribution in [0.4, 0.5) is 4.79 Å². The Kier molecular flexibility index (Phi) is 5.15. The van der Waals surface area contributed by atoms with Crippen LogP contribution < -0.4 is 5.32 Å². The first-order valence-electron chi connectivity index (χ1n) is 11.5. The number of amides is 2. The van der Waals surface area contributed by atoms with Crippen LogP contribution in [0.3, 0.4) is 0 Å². The van der Waals surface area contributed by atoms with Gasteiger partial charge in [-0.2, -0.15) is 0 Å². The van der Waals surface area contributed by atoms with E-state index >= 15 is 0 Å².